The third-order valence-electron chi connectivity index (χ3n) is 2.84. The van der Waals surface area contributed by atoms with E-state index in [1.54, 1.807) is 6.07 Å². The van der Waals surface area contributed by atoms with Crippen LogP contribution in [-0.2, 0) is 0 Å². The van der Waals surface area contributed by atoms with E-state index in [0.29, 0.717) is 42.1 Å². The lowest BCUT2D eigenvalue weighted by Gasteiger charge is -2.18. The minimum absolute atomic E-state index is 0.408. The van der Waals surface area contributed by atoms with E-state index < -0.39 is 6.10 Å². The van der Waals surface area contributed by atoms with Gasteiger partial charge in [-0.15, -0.1) is 0 Å². The number of rotatable bonds is 8. The van der Waals surface area contributed by atoms with E-state index in [9.17, 15) is 5.11 Å². The summed E-state index contributed by atoms with van der Waals surface area (Å²) in [6, 6.07) is 3.59. The molecule has 1 N–H and O–H groups in total. The van der Waals surface area contributed by atoms with Crippen LogP contribution in [0.25, 0.3) is 0 Å². The monoisotopic (exact) mass is 300 g/mol. The minimum Gasteiger partial charge on any atom is -0.490 e. The normalized spacial score (nSPS) is 12.6. The van der Waals surface area contributed by atoms with Crippen molar-refractivity contribution in [2.75, 3.05) is 13.2 Å². The molecule has 1 rings (SSSR count). The molecule has 0 spiro atoms. The molecule has 0 heterocycles. The van der Waals surface area contributed by atoms with Gasteiger partial charge in [-0.3, -0.25) is 0 Å². The van der Waals surface area contributed by atoms with Crippen LogP contribution in [0.4, 0.5) is 0 Å². The highest BCUT2D eigenvalue weighted by atomic mass is 35.5. The lowest BCUT2D eigenvalue weighted by Crippen LogP contribution is -2.07. The molecule has 0 aromatic heterocycles. The number of hydrogen-bond acceptors (Lipinski definition) is 3. The molecule has 1 atom stereocenters. The Bertz CT molecular complexity index is 418. The van der Waals surface area contributed by atoms with Crippen LogP contribution >= 0.6 is 11.6 Å². The molecule has 1 aromatic carbocycles. The molecular formula is C16H25ClO3. The summed E-state index contributed by atoms with van der Waals surface area (Å²) >= 11 is 6.28. The van der Waals surface area contributed by atoms with E-state index in [4.69, 9.17) is 21.1 Å². The number of hydrogen-bond donors (Lipinski definition) is 1. The van der Waals surface area contributed by atoms with Crippen molar-refractivity contribution in [3.63, 3.8) is 0 Å². The Morgan fingerprint density at radius 2 is 1.90 bits per heavy atom. The van der Waals surface area contributed by atoms with Crippen LogP contribution in [0, 0.1) is 5.92 Å². The summed E-state index contributed by atoms with van der Waals surface area (Å²) in [7, 11) is 0. The van der Waals surface area contributed by atoms with Gasteiger partial charge in [-0.05, 0) is 37.0 Å². The maximum absolute atomic E-state index is 10.1. The summed E-state index contributed by atoms with van der Waals surface area (Å²) in [5.41, 5.74) is 0.775. The van der Waals surface area contributed by atoms with Gasteiger partial charge in [0.05, 0.1) is 24.3 Å². The minimum atomic E-state index is -0.518. The molecule has 0 radical (unpaired) electrons. The summed E-state index contributed by atoms with van der Waals surface area (Å²) in [6.45, 7) is 9.21. The first kappa shape index (κ1) is 17.1. The third-order valence-corrected chi connectivity index (χ3v) is 3.12. The number of halogens is 1. The standard InChI is InChI=1S/C16H25ClO3/c1-5-7-14(18)12-8-13(17)16(20-10-11(3)4)15(9-12)19-6-2/h8-9,11,14,18H,5-7,10H2,1-4H3. The predicted molar refractivity (Wildman–Crippen MR) is 82.8 cm³/mol. The molecule has 4 heteroatoms. The zero-order valence-corrected chi connectivity index (χ0v) is 13.5. The van der Waals surface area contributed by atoms with Crippen LogP contribution < -0.4 is 9.47 Å². The maximum atomic E-state index is 10.1. The van der Waals surface area contributed by atoms with Crippen LogP contribution in [-0.4, -0.2) is 18.3 Å². The molecular weight excluding hydrogens is 276 g/mol. The lowest BCUT2D eigenvalue weighted by atomic mass is 10.0. The number of aliphatic hydroxyl groups is 1. The summed E-state index contributed by atoms with van der Waals surface area (Å²) < 4.78 is 11.3. The van der Waals surface area contributed by atoms with Gasteiger partial charge in [-0.2, -0.15) is 0 Å². The van der Waals surface area contributed by atoms with Gasteiger partial charge < -0.3 is 14.6 Å². The molecule has 0 saturated heterocycles. The molecule has 1 aromatic rings. The van der Waals surface area contributed by atoms with Crippen molar-refractivity contribution in [2.45, 2.75) is 46.6 Å². The second kappa shape index (κ2) is 8.38. The Hall–Kier alpha value is -0.930. The van der Waals surface area contributed by atoms with Crippen molar-refractivity contribution in [2.24, 2.45) is 5.92 Å². The van der Waals surface area contributed by atoms with E-state index in [1.807, 2.05) is 19.9 Å². The predicted octanol–water partition coefficient (Wildman–Crippen LogP) is 4.61. The van der Waals surface area contributed by atoms with E-state index in [0.717, 1.165) is 12.0 Å². The maximum Gasteiger partial charge on any atom is 0.179 e. The van der Waals surface area contributed by atoms with Crippen molar-refractivity contribution in [3.8, 4) is 11.5 Å². The van der Waals surface area contributed by atoms with Gasteiger partial charge >= 0.3 is 0 Å². The van der Waals surface area contributed by atoms with Gasteiger partial charge in [-0.1, -0.05) is 38.8 Å². The highest BCUT2D eigenvalue weighted by Crippen LogP contribution is 2.39. The Morgan fingerprint density at radius 1 is 1.20 bits per heavy atom. The second-order valence-electron chi connectivity index (χ2n) is 5.27. The van der Waals surface area contributed by atoms with Crippen molar-refractivity contribution in [1.29, 1.82) is 0 Å². The molecule has 0 fully saturated rings. The van der Waals surface area contributed by atoms with Crippen molar-refractivity contribution in [3.05, 3.63) is 22.7 Å². The SMILES string of the molecule is CCCC(O)c1cc(Cl)c(OCC(C)C)c(OCC)c1. The number of benzene rings is 1. The lowest BCUT2D eigenvalue weighted by molar-refractivity contribution is 0.165. The molecule has 3 nitrogen and oxygen atoms in total. The van der Waals surface area contributed by atoms with Gasteiger partial charge in [0.1, 0.15) is 0 Å². The first-order valence-electron chi connectivity index (χ1n) is 7.26. The molecule has 0 aliphatic rings. The summed E-state index contributed by atoms with van der Waals surface area (Å²) in [6.07, 6.45) is 1.10. The van der Waals surface area contributed by atoms with Gasteiger partial charge in [0.2, 0.25) is 0 Å². The molecule has 0 bridgehead atoms. The highest BCUT2D eigenvalue weighted by molar-refractivity contribution is 6.32. The Kier molecular flexibility index (Phi) is 7.17. The second-order valence-corrected chi connectivity index (χ2v) is 5.68. The van der Waals surface area contributed by atoms with Crippen molar-refractivity contribution >= 4 is 11.6 Å². The molecule has 0 aliphatic carbocycles. The average Bonchev–Trinajstić information content (AvgIpc) is 2.37. The van der Waals surface area contributed by atoms with Crippen molar-refractivity contribution in [1.82, 2.24) is 0 Å². The van der Waals surface area contributed by atoms with Crippen LogP contribution in [0.3, 0.4) is 0 Å². The fourth-order valence-corrected chi connectivity index (χ4v) is 2.15. The van der Waals surface area contributed by atoms with Crippen LogP contribution in [0.5, 0.6) is 11.5 Å². The van der Waals surface area contributed by atoms with Gasteiger partial charge in [-0.25, -0.2) is 0 Å². The molecule has 114 valence electrons. The average molecular weight is 301 g/mol. The molecule has 0 amide bonds. The van der Waals surface area contributed by atoms with Gasteiger partial charge in [0.15, 0.2) is 11.5 Å². The zero-order chi connectivity index (χ0) is 15.1. The van der Waals surface area contributed by atoms with E-state index in [-0.39, 0.29) is 0 Å². The van der Waals surface area contributed by atoms with Crippen LogP contribution in [0.15, 0.2) is 12.1 Å². The number of aliphatic hydroxyl groups excluding tert-OH is 1. The summed E-state index contributed by atoms with van der Waals surface area (Å²) in [5, 5.41) is 10.6. The Labute approximate surface area is 126 Å². The molecule has 0 saturated carbocycles. The molecule has 0 aliphatic heterocycles. The fourth-order valence-electron chi connectivity index (χ4n) is 1.87. The van der Waals surface area contributed by atoms with Gasteiger partial charge in [0, 0.05) is 0 Å². The van der Waals surface area contributed by atoms with E-state index in [2.05, 4.69) is 13.8 Å². The first-order chi connectivity index (χ1) is 9.49. The topological polar surface area (TPSA) is 38.7 Å². The van der Waals surface area contributed by atoms with Crippen molar-refractivity contribution < 1.29 is 14.6 Å². The van der Waals surface area contributed by atoms with Gasteiger partial charge in [0.25, 0.3) is 0 Å². The summed E-state index contributed by atoms with van der Waals surface area (Å²) in [5.74, 6) is 1.58. The number of ether oxygens (including phenoxy) is 2. The van der Waals surface area contributed by atoms with Crippen LogP contribution in [0.1, 0.15) is 52.2 Å². The first-order valence-corrected chi connectivity index (χ1v) is 7.64. The summed E-state index contributed by atoms with van der Waals surface area (Å²) in [4.78, 5) is 0. The third kappa shape index (κ3) is 4.88. The van der Waals surface area contributed by atoms with Crippen LogP contribution in [0.2, 0.25) is 5.02 Å². The zero-order valence-electron chi connectivity index (χ0n) is 12.8. The highest BCUT2D eigenvalue weighted by Gasteiger charge is 2.16. The molecule has 20 heavy (non-hydrogen) atoms. The Morgan fingerprint density at radius 3 is 2.45 bits per heavy atom. The smallest absolute Gasteiger partial charge is 0.179 e. The molecule has 1 unspecified atom stereocenters. The van der Waals surface area contributed by atoms with E-state index >= 15 is 0 Å². The Balaban J connectivity index is 3.04. The largest absolute Gasteiger partial charge is 0.490 e. The van der Waals surface area contributed by atoms with E-state index in [1.165, 1.54) is 0 Å². The quantitative estimate of drug-likeness (QED) is 0.762. The fraction of sp³-hybridized carbons (Fsp3) is 0.625.